The SMILES string of the molecule is Cc1nn(C2CCC2)c(Nc2ncc(C(F)(F)F)c(N)n2)c1CC[C@H]1CCOC1. The van der Waals surface area contributed by atoms with Crippen LogP contribution in [0.1, 0.15) is 55.0 Å². The highest BCUT2D eigenvalue weighted by atomic mass is 19.4. The van der Waals surface area contributed by atoms with E-state index in [1.54, 1.807) is 0 Å². The minimum atomic E-state index is -4.58. The predicted molar refractivity (Wildman–Crippen MR) is 102 cm³/mol. The minimum absolute atomic E-state index is 0.0430. The van der Waals surface area contributed by atoms with Crippen LogP contribution < -0.4 is 11.1 Å². The summed E-state index contributed by atoms with van der Waals surface area (Å²) in [7, 11) is 0. The monoisotopic (exact) mass is 410 g/mol. The third kappa shape index (κ3) is 4.17. The quantitative estimate of drug-likeness (QED) is 0.748. The number of hydrogen-bond acceptors (Lipinski definition) is 6. The van der Waals surface area contributed by atoms with Crippen LogP contribution in [0.3, 0.4) is 0 Å². The van der Waals surface area contributed by atoms with Crippen LogP contribution in [0.15, 0.2) is 6.20 Å². The number of nitrogens with one attached hydrogen (secondary N) is 1. The first kappa shape index (κ1) is 19.9. The number of nitrogens with two attached hydrogens (primary N) is 1. The van der Waals surface area contributed by atoms with Crippen molar-refractivity contribution in [3.8, 4) is 0 Å². The molecule has 3 heterocycles. The summed E-state index contributed by atoms with van der Waals surface area (Å²) in [5.41, 5.74) is 6.46. The number of ether oxygens (including phenoxy) is 1. The van der Waals surface area contributed by atoms with Crippen LogP contribution in [-0.2, 0) is 17.3 Å². The van der Waals surface area contributed by atoms with E-state index in [2.05, 4.69) is 15.3 Å². The predicted octanol–water partition coefficient (Wildman–Crippen LogP) is 4.02. The molecule has 2 aromatic heterocycles. The Labute approximate surface area is 166 Å². The van der Waals surface area contributed by atoms with Crippen LogP contribution in [0.25, 0.3) is 0 Å². The second-order valence-electron chi connectivity index (χ2n) is 7.83. The molecule has 2 fully saturated rings. The molecule has 0 radical (unpaired) electrons. The summed E-state index contributed by atoms with van der Waals surface area (Å²) < 4.78 is 46.2. The minimum Gasteiger partial charge on any atom is -0.383 e. The Morgan fingerprint density at radius 2 is 2.10 bits per heavy atom. The number of rotatable bonds is 6. The van der Waals surface area contributed by atoms with Crippen molar-refractivity contribution in [3.63, 3.8) is 0 Å². The number of halogens is 3. The lowest BCUT2D eigenvalue weighted by Crippen LogP contribution is -2.20. The lowest BCUT2D eigenvalue weighted by atomic mass is 9.93. The number of aryl methyl sites for hydroxylation is 1. The first-order valence-corrected chi connectivity index (χ1v) is 9.95. The topological polar surface area (TPSA) is 90.9 Å². The smallest absolute Gasteiger partial charge is 0.383 e. The van der Waals surface area contributed by atoms with Crippen molar-refractivity contribution < 1.29 is 17.9 Å². The zero-order valence-electron chi connectivity index (χ0n) is 16.3. The van der Waals surface area contributed by atoms with Gasteiger partial charge in [0.15, 0.2) is 0 Å². The van der Waals surface area contributed by atoms with Gasteiger partial charge >= 0.3 is 6.18 Å². The first-order valence-electron chi connectivity index (χ1n) is 9.95. The lowest BCUT2D eigenvalue weighted by molar-refractivity contribution is -0.137. The Balaban J connectivity index is 1.61. The van der Waals surface area contributed by atoms with Gasteiger partial charge in [-0.1, -0.05) is 0 Å². The second kappa shape index (κ2) is 7.81. The summed E-state index contributed by atoms with van der Waals surface area (Å²) in [6.07, 6.45) is 2.17. The molecule has 0 amide bonds. The summed E-state index contributed by atoms with van der Waals surface area (Å²) in [5.74, 6) is 0.727. The van der Waals surface area contributed by atoms with Crippen molar-refractivity contribution >= 4 is 17.6 Å². The van der Waals surface area contributed by atoms with Gasteiger partial charge in [-0.05, 0) is 51.4 Å². The fraction of sp³-hybridized carbons (Fsp3) is 0.632. The molecular formula is C19H25F3N6O. The third-order valence-electron chi connectivity index (χ3n) is 5.81. The Morgan fingerprint density at radius 3 is 2.69 bits per heavy atom. The molecule has 4 rings (SSSR count). The number of hydrogen-bond donors (Lipinski definition) is 2. The van der Waals surface area contributed by atoms with Gasteiger partial charge in [-0.15, -0.1) is 0 Å². The maximum absolute atomic E-state index is 12.9. The summed E-state index contributed by atoms with van der Waals surface area (Å²) in [6.45, 7) is 3.54. The van der Waals surface area contributed by atoms with E-state index in [1.807, 2.05) is 11.6 Å². The van der Waals surface area contributed by atoms with Crippen molar-refractivity contribution in [2.75, 3.05) is 24.3 Å². The van der Waals surface area contributed by atoms with E-state index in [4.69, 9.17) is 15.6 Å². The normalized spacial score (nSPS) is 20.1. The molecule has 158 valence electrons. The highest BCUT2D eigenvalue weighted by molar-refractivity contribution is 5.58. The molecule has 1 saturated carbocycles. The Bertz CT molecular complexity index is 872. The number of aromatic nitrogens is 4. The van der Waals surface area contributed by atoms with Crippen molar-refractivity contribution in [2.45, 2.75) is 57.7 Å². The zero-order valence-corrected chi connectivity index (χ0v) is 16.3. The number of nitrogens with zero attached hydrogens (tertiary/aromatic N) is 4. The first-order chi connectivity index (χ1) is 13.8. The van der Waals surface area contributed by atoms with Gasteiger partial charge in [0.1, 0.15) is 17.2 Å². The molecule has 0 bridgehead atoms. The third-order valence-corrected chi connectivity index (χ3v) is 5.81. The number of alkyl halides is 3. The molecule has 0 aromatic carbocycles. The van der Waals surface area contributed by atoms with Gasteiger partial charge in [-0.3, -0.25) is 0 Å². The van der Waals surface area contributed by atoms with Crippen molar-refractivity contribution in [1.29, 1.82) is 0 Å². The summed E-state index contributed by atoms with van der Waals surface area (Å²) in [4.78, 5) is 7.69. The molecule has 1 saturated heterocycles. The van der Waals surface area contributed by atoms with E-state index in [9.17, 15) is 13.2 Å². The fourth-order valence-electron chi connectivity index (χ4n) is 3.85. The Hall–Kier alpha value is -2.36. The zero-order chi connectivity index (χ0) is 20.6. The van der Waals surface area contributed by atoms with Crippen LogP contribution in [0.2, 0.25) is 0 Å². The van der Waals surface area contributed by atoms with Crippen molar-refractivity contribution in [1.82, 2.24) is 19.7 Å². The Morgan fingerprint density at radius 1 is 1.31 bits per heavy atom. The molecule has 0 unspecified atom stereocenters. The van der Waals surface area contributed by atoms with E-state index < -0.39 is 17.6 Å². The second-order valence-corrected chi connectivity index (χ2v) is 7.83. The van der Waals surface area contributed by atoms with Crippen LogP contribution >= 0.6 is 0 Å². The van der Waals surface area contributed by atoms with E-state index in [0.717, 1.165) is 75.0 Å². The van der Waals surface area contributed by atoms with E-state index in [0.29, 0.717) is 5.92 Å². The maximum atomic E-state index is 12.9. The molecule has 10 heteroatoms. The molecule has 29 heavy (non-hydrogen) atoms. The van der Waals surface area contributed by atoms with Gasteiger partial charge in [0, 0.05) is 25.0 Å². The lowest BCUT2D eigenvalue weighted by Gasteiger charge is -2.27. The molecule has 1 aliphatic heterocycles. The van der Waals surface area contributed by atoms with Crippen molar-refractivity contribution in [2.24, 2.45) is 5.92 Å². The van der Waals surface area contributed by atoms with Gasteiger partial charge < -0.3 is 15.8 Å². The van der Waals surface area contributed by atoms with Crippen LogP contribution in [0.4, 0.5) is 30.8 Å². The van der Waals surface area contributed by atoms with Crippen LogP contribution in [0, 0.1) is 12.8 Å². The van der Waals surface area contributed by atoms with Crippen LogP contribution in [-0.4, -0.2) is 33.0 Å². The standard InChI is InChI=1S/C19H25F3N6O/c1-11-14(6-5-12-7-8-29-10-12)17(28(27-11)13-3-2-4-13)26-18-24-9-15(16(23)25-18)19(20,21)22/h9,12-13H,2-8,10H2,1H3,(H3,23,24,25,26)/t12-/m0/s1. The summed E-state index contributed by atoms with van der Waals surface area (Å²) in [5, 5.41) is 7.81. The molecule has 1 atom stereocenters. The number of anilines is 3. The molecule has 7 nitrogen and oxygen atoms in total. The molecule has 2 aliphatic rings. The summed E-state index contributed by atoms with van der Waals surface area (Å²) >= 11 is 0. The van der Waals surface area contributed by atoms with Gasteiger partial charge in [-0.25, -0.2) is 9.67 Å². The van der Waals surface area contributed by atoms with E-state index in [-0.39, 0.29) is 12.0 Å². The van der Waals surface area contributed by atoms with Crippen molar-refractivity contribution in [3.05, 3.63) is 23.0 Å². The van der Waals surface area contributed by atoms with Gasteiger partial charge in [0.05, 0.1) is 11.7 Å². The van der Waals surface area contributed by atoms with Gasteiger partial charge in [-0.2, -0.15) is 23.3 Å². The average Bonchev–Trinajstić information content (AvgIpc) is 3.20. The molecule has 1 aliphatic carbocycles. The van der Waals surface area contributed by atoms with E-state index in [1.165, 1.54) is 0 Å². The molecular weight excluding hydrogens is 385 g/mol. The summed E-state index contributed by atoms with van der Waals surface area (Å²) in [6, 6.07) is 0.284. The van der Waals surface area contributed by atoms with Gasteiger partial charge in [0.2, 0.25) is 5.95 Å². The molecule has 3 N–H and O–H groups in total. The average molecular weight is 410 g/mol. The van der Waals surface area contributed by atoms with Gasteiger partial charge in [0.25, 0.3) is 0 Å². The molecule has 2 aromatic rings. The maximum Gasteiger partial charge on any atom is 0.421 e. The van der Waals surface area contributed by atoms with Crippen LogP contribution in [0.5, 0.6) is 0 Å². The fourth-order valence-corrected chi connectivity index (χ4v) is 3.85. The number of nitrogen functional groups attached to an aromatic ring is 1. The highest BCUT2D eigenvalue weighted by Crippen LogP contribution is 2.38. The van der Waals surface area contributed by atoms with E-state index >= 15 is 0 Å². The highest BCUT2D eigenvalue weighted by Gasteiger charge is 2.35. The molecule has 0 spiro atoms. The largest absolute Gasteiger partial charge is 0.421 e. The Kier molecular flexibility index (Phi) is 5.37.